The maximum atomic E-state index is 12.3. The molecule has 0 radical (unpaired) electrons. The first-order valence-corrected chi connectivity index (χ1v) is 12.9. The highest BCUT2D eigenvalue weighted by molar-refractivity contribution is 7.80. The summed E-state index contributed by atoms with van der Waals surface area (Å²) in [5.41, 5.74) is 4.41. The number of hydrogen-bond donors (Lipinski definition) is 2. The standard InChI is InChI=1S/C29H27ClN4O2S/c1-17(2)28(35)32-22-12-11-21(16-18(22)3)34-27(26(33-29(34)37)23-6-4-5-15-31-23)25-14-13-24(36-25)19-7-9-20(30)10-8-19/h4-17,26-27H,1-3H3,(H,32,35)(H,33,37)/t26-,27+/m0/s1. The Morgan fingerprint density at radius 2 is 1.89 bits per heavy atom. The molecule has 1 saturated heterocycles. The fraction of sp³-hybridized carbons (Fsp3) is 0.207. The summed E-state index contributed by atoms with van der Waals surface area (Å²) < 4.78 is 6.41. The zero-order chi connectivity index (χ0) is 26.1. The Balaban J connectivity index is 1.54. The van der Waals surface area contributed by atoms with Gasteiger partial charge in [-0.05, 0) is 91.4 Å². The molecular formula is C29H27ClN4O2S. The number of nitrogens with zero attached hydrogens (tertiary/aromatic N) is 2. The molecule has 2 aromatic carbocycles. The minimum atomic E-state index is -0.279. The van der Waals surface area contributed by atoms with E-state index in [0.29, 0.717) is 10.1 Å². The van der Waals surface area contributed by atoms with Crippen LogP contribution in [0.25, 0.3) is 11.3 Å². The molecule has 8 heteroatoms. The first kappa shape index (κ1) is 25.0. The van der Waals surface area contributed by atoms with Gasteiger partial charge >= 0.3 is 0 Å². The molecule has 2 aromatic heterocycles. The highest BCUT2D eigenvalue weighted by Crippen LogP contribution is 2.43. The molecule has 4 aromatic rings. The molecule has 1 fully saturated rings. The lowest BCUT2D eigenvalue weighted by molar-refractivity contribution is -0.118. The number of furan rings is 1. The van der Waals surface area contributed by atoms with Crippen molar-refractivity contribution in [2.24, 2.45) is 5.92 Å². The first-order chi connectivity index (χ1) is 17.8. The van der Waals surface area contributed by atoms with Crippen LogP contribution in [0.2, 0.25) is 5.02 Å². The average molecular weight is 531 g/mol. The number of amides is 1. The van der Waals surface area contributed by atoms with Crippen LogP contribution in [0, 0.1) is 12.8 Å². The van der Waals surface area contributed by atoms with Crippen molar-refractivity contribution in [3.05, 3.63) is 101 Å². The topological polar surface area (TPSA) is 70.4 Å². The van der Waals surface area contributed by atoms with Crippen molar-refractivity contribution >= 4 is 46.2 Å². The van der Waals surface area contributed by atoms with Crippen molar-refractivity contribution < 1.29 is 9.21 Å². The lowest BCUT2D eigenvalue weighted by Gasteiger charge is -2.27. The lowest BCUT2D eigenvalue weighted by Crippen LogP contribution is -2.29. The largest absolute Gasteiger partial charge is 0.459 e. The third kappa shape index (κ3) is 5.10. The van der Waals surface area contributed by atoms with Crippen molar-refractivity contribution in [1.29, 1.82) is 0 Å². The van der Waals surface area contributed by atoms with Gasteiger partial charge in [0.2, 0.25) is 5.91 Å². The van der Waals surface area contributed by atoms with Gasteiger partial charge in [-0.15, -0.1) is 0 Å². The molecule has 1 aliphatic heterocycles. The van der Waals surface area contributed by atoms with Crippen LogP contribution in [-0.2, 0) is 4.79 Å². The van der Waals surface area contributed by atoms with Crippen molar-refractivity contribution in [3.8, 4) is 11.3 Å². The van der Waals surface area contributed by atoms with Crippen LogP contribution in [0.3, 0.4) is 0 Å². The summed E-state index contributed by atoms with van der Waals surface area (Å²) in [5, 5.41) is 7.70. The molecule has 5 rings (SSSR count). The number of carbonyl (C=O) groups is 1. The molecule has 0 saturated carbocycles. The van der Waals surface area contributed by atoms with Crippen LogP contribution in [0.15, 0.2) is 83.4 Å². The zero-order valence-corrected chi connectivity index (χ0v) is 22.3. The van der Waals surface area contributed by atoms with Crippen molar-refractivity contribution in [3.63, 3.8) is 0 Å². The van der Waals surface area contributed by atoms with E-state index in [-0.39, 0.29) is 23.9 Å². The summed E-state index contributed by atoms with van der Waals surface area (Å²) in [5.74, 6) is 1.37. The number of aromatic nitrogens is 1. The molecule has 0 spiro atoms. The summed E-state index contributed by atoms with van der Waals surface area (Å²) in [6, 6.07) is 22.7. The average Bonchev–Trinajstić information content (AvgIpc) is 3.51. The van der Waals surface area contributed by atoms with Crippen LogP contribution in [-0.4, -0.2) is 16.0 Å². The van der Waals surface area contributed by atoms with E-state index < -0.39 is 0 Å². The second kappa shape index (κ2) is 10.4. The Kier molecular flexibility index (Phi) is 7.00. The highest BCUT2D eigenvalue weighted by atomic mass is 35.5. The van der Waals surface area contributed by atoms with Crippen LogP contribution in [0.5, 0.6) is 0 Å². The number of aryl methyl sites for hydroxylation is 1. The second-order valence-electron chi connectivity index (χ2n) is 9.35. The van der Waals surface area contributed by atoms with Gasteiger partial charge in [0.25, 0.3) is 0 Å². The quantitative estimate of drug-likeness (QED) is 0.260. The van der Waals surface area contributed by atoms with Crippen LogP contribution in [0.4, 0.5) is 11.4 Å². The normalized spacial score (nSPS) is 17.2. The molecular weight excluding hydrogens is 504 g/mol. The van der Waals surface area contributed by atoms with Gasteiger partial charge in [0.05, 0.1) is 11.7 Å². The first-order valence-electron chi connectivity index (χ1n) is 12.1. The molecule has 3 heterocycles. The lowest BCUT2D eigenvalue weighted by atomic mass is 10.0. The van der Waals surface area contributed by atoms with Crippen LogP contribution in [0.1, 0.15) is 42.9 Å². The summed E-state index contributed by atoms with van der Waals surface area (Å²) in [6.45, 7) is 5.72. The Morgan fingerprint density at radius 1 is 1.11 bits per heavy atom. The monoisotopic (exact) mass is 530 g/mol. The van der Waals surface area contributed by atoms with Gasteiger partial charge in [0.1, 0.15) is 17.6 Å². The van der Waals surface area contributed by atoms with E-state index in [9.17, 15) is 4.79 Å². The Morgan fingerprint density at radius 3 is 2.57 bits per heavy atom. The number of rotatable bonds is 6. The maximum Gasteiger partial charge on any atom is 0.226 e. The summed E-state index contributed by atoms with van der Waals surface area (Å²) in [7, 11) is 0. The Labute approximate surface area is 226 Å². The van der Waals surface area contributed by atoms with Gasteiger partial charge in [-0.2, -0.15) is 0 Å². The molecule has 37 heavy (non-hydrogen) atoms. The van der Waals surface area contributed by atoms with Gasteiger partial charge in [0.15, 0.2) is 5.11 Å². The molecule has 2 atom stereocenters. The second-order valence-corrected chi connectivity index (χ2v) is 10.2. The molecule has 1 aliphatic rings. The van der Waals surface area contributed by atoms with E-state index in [1.165, 1.54) is 0 Å². The molecule has 1 amide bonds. The number of carbonyl (C=O) groups excluding carboxylic acids is 1. The fourth-order valence-corrected chi connectivity index (χ4v) is 4.89. The van der Waals surface area contributed by atoms with E-state index >= 15 is 0 Å². The fourth-order valence-electron chi connectivity index (χ4n) is 4.42. The number of anilines is 2. The number of nitrogens with one attached hydrogen (secondary N) is 2. The summed E-state index contributed by atoms with van der Waals surface area (Å²) >= 11 is 11.9. The minimum absolute atomic E-state index is 0.0207. The maximum absolute atomic E-state index is 12.3. The Bertz CT molecular complexity index is 1440. The minimum Gasteiger partial charge on any atom is -0.459 e. The molecule has 0 bridgehead atoms. The van der Waals surface area contributed by atoms with E-state index in [1.54, 1.807) is 6.20 Å². The van der Waals surface area contributed by atoms with Crippen molar-refractivity contribution in [2.45, 2.75) is 32.9 Å². The molecule has 6 nitrogen and oxygen atoms in total. The summed E-state index contributed by atoms with van der Waals surface area (Å²) in [6.07, 6.45) is 1.78. The van der Waals surface area contributed by atoms with Crippen molar-refractivity contribution in [2.75, 3.05) is 10.2 Å². The van der Waals surface area contributed by atoms with E-state index in [1.807, 2.05) is 93.6 Å². The highest BCUT2D eigenvalue weighted by Gasteiger charge is 2.42. The van der Waals surface area contributed by atoms with Gasteiger partial charge < -0.3 is 20.0 Å². The predicted octanol–water partition coefficient (Wildman–Crippen LogP) is 7.08. The van der Waals surface area contributed by atoms with E-state index in [2.05, 4.69) is 20.5 Å². The third-order valence-corrected chi connectivity index (χ3v) is 6.98. The smallest absolute Gasteiger partial charge is 0.226 e. The van der Waals surface area contributed by atoms with Gasteiger partial charge in [-0.25, -0.2) is 0 Å². The molecule has 0 aliphatic carbocycles. The molecule has 0 unspecified atom stereocenters. The zero-order valence-electron chi connectivity index (χ0n) is 20.7. The van der Waals surface area contributed by atoms with Gasteiger partial charge in [0, 0.05) is 34.1 Å². The molecule has 2 N–H and O–H groups in total. The number of hydrogen-bond acceptors (Lipinski definition) is 4. The SMILES string of the molecule is Cc1cc(N2C(=S)N[C@@H](c3ccccn3)[C@H]2c2ccc(-c3ccc(Cl)cc3)o2)ccc1NC(=O)C(C)C. The number of benzene rings is 2. The van der Waals surface area contributed by atoms with Crippen LogP contribution < -0.4 is 15.5 Å². The molecule has 188 valence electrons. The van der Waals surface area contributed by atoms with Gasteiger partial charge in [-0.1, -0.05) is 31.5 Å². The van der Waals surface area contributed by atoms with E-state index in [4.69, 9.17) is 28.2 Å². The predicted molar refractivity (Wildman–Crippen MR) is 152 cm³/mol. The number of pyridine rings is 1. The Hall–Kier alpha value is -3.68. The van der Waals surface area contributed by atoms with Gasteiger partial charge in [-0.3, -0.25) is 9.78 Å². The number of halogens is 1. The number of thiocarbonyl (C=S) groups is 1. The van der Waals surface area contributed by atoms with Crippen molar-refractivity contribution in [1.82, 2.24) is 10.3 Å². The van der Waals surface area contributed by atoms with Crippen LogP contribution >= 0.6 is 23.8 Å². The van der Waals surface area contributed by atoms with E-state index in [0.717, 1.165) is 39.7 Å². The third-order valence-electron chi connectivity index (χ3n) is 6.42. The summed E-state index contributed by atoms with van der Waals surface area (Å²) in [4.78, 5) is 18.9.